The Kier molecular flexibility index (Phi) is 3.33. The van der Waals surface area contributed by atoms with Gasteiger partial charge < -0.3 is 16.2 Å². The van der Waals surface area contributed by atoms with E-state index in [1.807, 2.05) is 0 Å². The second-order valence-electron chi connectivity index (χ2n) is 3.79. The molecule has 0 unspecified atom stereocenters. The number of amides is 1. The van der Waals surface area contributed by atoms with Gasteiger partial charge in [0.25, 0.3) is 0 Å². The van der Waals surface area contributed by atoms with E-state index in [1.54, 1.807) is 0 Å². The highest BCUT2D eigenvalue weighted by molar-refractivity contribution is 5.94. The van der Waals surface area contributed by atoms with Crippen LogP contribution in [-0.4, -0.2) is 5.91 Å². The minimum atomic E-state index is -0.722. The molecule has 1 amide bonds. The first-order valence-electron chi connectivity index (χ1n) is 5.29. The molecule has 0 aliphatic carbocycles. The molecule has 0 atom stereocenters. The van der Waals surface area contributed by atoms with Gasteiger partial charge in [-0.05, 0) is 30.3 Å². The van der Waals surface area contributed by atoms with Gasteiger partial charge in [-0.25, -0.2) is 8.78 Å². The van der Waals surface area contributed by atoms with Crippen molar-refractivity contribution in [3.8, 4) is 11.5 Å². The fraction of sp³-hybridized carbons (Fsp3) is 0. The van der Waals surface area contributed by atoms with E-state index in [0.717, 1.165) is 18.2 Å². The van der Waals surface area contributed by atoms with E-state index in [9.17, 15) is 13.6 Å². The van der Waals surface area contributed by atoms with Crippen LogP contribution in [0.15, 0.2) is 36.4 Å². The van der Waals surface area contributed by atoms with E-state index in [2.05, 4.69) is 0 Å². The van der Waals surface area contributed by atoms with Crippen molar-refractivity contribution in [3.05, 3.63) is 53.6 Å². The van der Waals surface area contributed by atoms with Crippen molar-refractivity contribution in [2.45, 2.75) is 0 Å². The Bertz CT molecular complexity index is 645. The number of benzene rings is 2. The van der Waals surface area contributed by atoms with Crippen molar-refractivity contribution in [2.24, 2.45) is 5.73 Å². The Morgan fingerprint density at radius 2 is 1.79 bits per heavy atom. The van der Waals surface area contributed by atoms with Crippen LogP contribution in [0.4, 0.5) is 14.5 Å². The molecule has 0 saturated carbocycles. The third-order valence-electron chi connectivity index (χ3n) is 2.41. The number of carbonyl (C=O) groups excluding carboxylic acids is 1. The molecule has 19 heavy (non-hydrogen) atoms. The smallest absolute Gasteiger partial charge is 0.248 e. The molecule has 0 spiro atoms. The van der Waals surface area contributed by atoms with Crippen LogP contribution >= 0.6 is 0 Å². The molecule has 4 nitrogen and oxygen atoms in total. The zero-order valence-corrected chi connectivity index (χ0v) is 9.69. The van der Waals surface area contributed by atoms with Crippen molar-refractivity contribution in [2.75, 3.05) is 5.73 Å². The molecule has 0 heterocycles. The number of hydrogen-bond acceptors (Lipinski definition) is 3. The standard InChI is InChI=1S/C13H10F2N2O2/c14-8-2-3-9(15)12(6-8)19-11-4-1-7(13(17)18)5-10(11)16/h1-6H,16H2,(H2,17,18). The molecule has 0 aliphatic heterocycles. The number of anilines is 1. The maximum absolute atomic E-state index is 13.4. The molecule has 2 rings (SSSR count). The molecule has 0 fully saturated rings. The van der Waals surface area contributed by atoms with E-state index in [4.69, 9.17) is 16.2 Å². The predicted molar refractivity (Wildman–Crippen MR) is 65.8 cm³/mol. The minimum Gasteiger partial charge on any atom is -0.452 e. The first-order valence-corrected chi connectivity index (χ1v) is 5.29. The van der Waals surface area contributed by atoms with Crippen LogP contribution in [0.25, 0.3) is 0 Å². The summed E-state index contributed by atoms with van der Waals surface area (Å²) in [5.74, 6) is -2.19. The van der Waals surface area contributed by atoms with Gasteiger partial charge in [-0.3, -0.25) is 4.79 Å². The highest BCUT2D eigenvalue weighted by atomic mass is 19.1. The van der Waals surface area contributed by atoms with Crippen molar-refractivity contribution in [1.82, 2.24) is 0 Å². The summed E-state index contributed by atoms with van der Waals surface area (Å²) in [4.78, 5) is 10.9. The molecule has 2 aromatic carbocycles. The second-order valence-corrected chi connectivity index (χ2v) is 3.79. The number of primary amides is 1. The van der Waals surface area contributed by atoms with Gasteiger partial charge in [-0.15, -0.1) is 0 Å². The van der Waals surface area contributed by atoms with E-state index in [1.165, 1.54) is 18.2 Å². The molecule has 0 saturated heterocycles. The molecule has 0 aromatic heterocycles. The van der Waals surface area contributed by atoms with Crippen LogP contribution in [-0.2, 0) is 0 Å². The zero-order chi connectivity index (χ0) is 14.0. The quantitative estimate of drug-likeness (QED) is 0.836. The van der Waals surface area contributed by atoms with E-state index in [0.29, 0.717) is 0 Å². The first kappa shape index (κ1) is 12.8. The van der Waals surface area contributed by atoms with Gasteiger partial charge in [0, 0.05) is 11.6 Å². The monoisotopic (exact) mass is 264 g/mol. The van der Waals surface area contributed by atoms with Gasteiger partial charge in [-0.2, -0.15) is 0 Å². The third-order valence-corrected chi connectivity index (χ3v) is 2.41. The van der Waals surface area contributed by atoms with Crippen LogP contribution in [0.2, 0.25) is 0 Å². The number of carbonyl (C=O) groups is 1. The van der Waals surface area contributed by atoms with Gasteiger partial charge in [0.05, 0.1) is 5.69 Å². The Balaban J connectivity index is 2.33. The van der Waals surface area contributed by atoms with Gasteiger partial charge >= 0.3 is 0 Å². The van der Waals surface area contributed by atoms with Crippen LogP contribution < -0.4 is 16.2 Å². The first-order chi connectivity index (χ1) is 8.97. The Morgan fingerprint density at radius 3 is 2.42 bits per heavy atom. The molecule has 0 bridgehead atoms. The van der Waals surface area contributed by atoms with E-state index < -0.39 is 17.5 Å². The summed E-state index contributed by atoms with van der Waals surface area (Å²) >= 11 is 0. The summed E-state index contributed by atoms with van der Waals surface area (Å²) in [6.45, 7) is 0. The topological polar surface area (TPSA) is 78.3 Å². The molecule has 2 aromatic rings. The predicted octanol–water partition coefficient (Wildman–Crippen LogP) is 2.44. The Hall–Kier alpha value is -2.63. The number of ether oxygens (including phenoxy) is 1. The van der Waals surface area contributed by atoms with Crippen molar-refractivity contribution >= 4 is 11.6 Å². The number of nitrogens with two attached hydrogens (primary N) is 2. The van der Waals surface area contributed by atoms with Gasteiger partial charge in [0.2, 0.25) is 5.91 Å². The molecule has 98 valence electrons. The Morgan fingerprint density at radius 1 is 1.05 bits per heavy atom. The molecule has 0 aliphatic rings. The lowest BCUT2D eigenvalue weighted by Gasteiger charge is -2.10. The van der Waals surface area contributed by atoms with Crippen molar-refractivity contribution in [1.29, 1.82) is 0 Å². The lowest BCUT2D eigenvalue weighted by Crippen LogP contribution is -2.11. The summed E-state index contributed by atoms with van der Waals surface area (Å²) in [7, 11) is 0. The third kappa shape index (κ3) is 2.79. The van der Waals surface area contributed by atoms with Crippen LogP contribution in [0.5, 0.6) is 11.5 Å². The van der Waals surface area contributed by atoms with Gasteiger partial charge in [-0.1, -0.05) is 0 Å². The van der Waals surface area contributed by atoms with Crippen LogP contribution in [0, 0.1) is 11.6 Å². The lowest BCUT2D eigenvalue weighted by molar-refractivity contribution is 0.100. The number of hydrogen-bond donors (Lipinski definition) is 2. The fourth-order valence-corrected chi connectivity index (χ4v) is 1.47. The maximum Gasteiger partial charge on any atom is 0.248 e. The summed E-state index contributed by atoms with van der Waals surface area (Å²) < 4.78 is 31.5. The normalized spacial score (nSPS) is 10.2. The van der Waals surface area contributed by atoms with Crippen LogP contribution in [0.1, 0.15) is 10.4 Å². The van der Waals surface area contributed by atoms with Crippen molar-refractivity contribution < 1.29 is 18.3 Å². The highest BCUT2D eigenvalue weighted by Crippen LogP contribution is 2.30. The van der Waals surface area contributed by atoms with Gasteiger partial charge in [0.15, 0.2) is 17.3 Å². The lowest BCUT2D eigenvalue weighted by atomic mass is 10.2. The Labute approximate surface area is 107 Å². The minimum absolute atomic E-state index is 0.0972. The molecular formula is C13H10F2N2O2. The summed E-state index contributed by atoms with van der Waals surface area (Å²) in [6, 6.07) is 6.86. The largest absolute Gasteiger partial charge is 0.452 e. The maximum atomic E-state index is 13.4. The van der Waals surface area contributed by atoms with E-state index >= 15 is 0 Å². The summed E-state index contributed by atoms with van der Waals surface area (Å²) in [5, 5.41) is 0. The molecule has 0 radical (unpaired) electrons. The number of nitrogen functional groups attached to an aromatic ring is 1. The van der Waals surface area contributed by atoms with Crippen LogP contribution in [0.3, 0.4) is 0 Å². The molecule has 4 N–H and O–H groups in total. The highest BCUT2D eigenvalue weighted by Gasteiger charge is 2.10. The zero-order valence-electron chi connectivity index (χ0n) is 9.69. The second kappa shape index (κ2) is 4.93. The fourth-order valence-electron chi connectivity index (χ4n) is 1.47. The van der Waals surface area contributed by atoms with E-state index in [-0.39, 0.29) is 22.7 Å². The number of rotatable bonds is 3. The molecular weight excluding hydrogens is 254 g/mol. The summed E-state index contributed by atoms with van der Waals surface area (Å²) in [6.07, 6.45) is 0. The van der Waals surface area contributed by atoms with Crippen molar-refractivity contribution in [3.63, 3.8) is 0 Å². The van der Waals surface area contributed by atoms with Gasteiger partial charge in [0.1, 0.15) is 5.82 Å². The molecule has 6 heteroatoms. The average molecular weight is 264 g/mol. The number of halogens is 2. The average Bonchev–Trinajstić information content (AvgIpc) is 2.36. The summed E-state index contributed by atoms with van der Waals surface area (Å²) in [5.41, 5.74) is 11.0. The SMILES string of the molecule is NC(=O)c1ccc(Oc2cc(F)ccc2F)c(N)c1.